The summed E-state index contributed by atoms with van der Waals surface area (Å²) >= 11 is 5.71. The van der Waals surface area contributed by atoms with Crippen LogP contribution in [0.15, 0.2) is 30.5 Å². The molecule has 0 aliphatic rings. The Balaban J connectivity index is 2.62. The number of halogens is 3. The molecule has 0 amide bonds. The Morgan fingerprint density at radius 1 is 1.12 bits per heavy atom. The molecule has 1 aromatic carbocycles. The smallest absolute Gasteiger partial charge is 0.151 e. The van der Waals surface area contributed by atoms with Gasteiger partial charge in [0.2, 0.25) is 0 Å². The molecular formula is C11H7ClF2N2. The van der Waals surface area contributed by atoms with E-state index in [1.165, 1.54) is 18.3 Å². The number of aromatic nitrogens is 1. The highest BCUT2D eigenvalue weighted by Crippen LogP contribution is 2.27. The fourth-order valence-corrected chi connectivity index (χ4v) is 1.50. The molecule has 0 bridgehead atoms. The standard InChI is InChI=1S/C11H7ClF2N2/c12-6-1-2-9(13)8(3-6)11-10(14)4-7(15)5-16-11/h1-5H,15H2. The Bertz CT molecular complexity index is 544. The van der Waals surface area contributed by atoms with Crippen molar-refractivity contribution in [1.82, 2.24) is 4.98 Å². The minimum absolute atomic E-state index is 0.0185. The van der Waals surface area contributed by atoms with Crippen molar-refractivity contribution in [3.05, 3.63) is 47.1 Å². The molecule has 82 valence electrons. The number of nitrogens with zero attached hydrogens (tertiary/aromatic N) is 1. The quantitative estimate of drug-likeness (QED) is 0.831. The number of hydrogen-bond donors (Lipinski definition) is 1. The number of nitrogen functional groups attached to an aromatic ring is 1. The molecule has 0 radical (unpaired) electrons. The van der Waals surface area contributed by atoms with Crippen molar-refractivity contribution in [2.24, 2.45) is 0 Å². The minimum atomic E-state index is -0.679. The first-order chi connectivity index (χ1) is 7.58. The number of rotatable bonds is 1. The van der Waals surface area contributed by atoms with Gasteiger partial charge in [-0.2, -0.15) is 0 Å². The first kappa shape index (κ1) is 10.8. The summed E-state index contributed by atoms with van der Waals surface area (Å²) in [6.45, 7) is 0. The van der Waals surface area contributed by atoms with Gasteiger partial charge in [-0.05, 0) is 18.2 Å². The maximum Gasteiger partial charge on any atom is 0.151 e. The number of benzene rings is 1. The summed E-state index contributed by atoms with van der Waals surface area (Å²) in [5, 5.41) is 0.314. The molecule has 1 heterocycles. The maximum atomic E-state index is 13.5. The first-order valence-electron chi connectivity index (χ1n) is 4.44. The van der Waals surface area contributed by atoms with E-state index >= 15 is 0 Å². The molecule has 2 rings (SSSR count). The summed E-state index contributed by atoms with van der Waals surface area (Å²) in [6.07, 6.45) is 1.26. The van der Waals surface area contributed by atoms with Crippen LogP contribution in [0, 0.1) is 11.6 Å². The predicted octanol–water partition coefficient (Wildman–Crippen LogP) is 3.26. The molecule has 2 nitrogen and oxygen atoms in total. The fraction of sp³-hybridized carbons (Fsp3) is 0. The monoisotopic (exact) mass is 240 g/mol. The Labute approximate surface area is 95.7 Å². The molecule has 16 heavy (non-hydrogen) atoms. The Kier molecular flexibility index (Phi) is 2.75. The van der Waals surface area contributed by atoms with Gasteiger partial charge in [-0.3, -0.25) is 4.98 Å². The molecule has 0 saturated heterocycles. The second-order valence-corrected chi connectivity index (χ2v) is 3.66. The van der Waals surface area contributed by atoms with E-state index in [0.717, 1.165) is 12.1 Å². The molecule has 5 heteroatoms. The predicted molar refractivity (Wildman–Crippen MR) is 59.0 cm³/mol. The van der Waals surface area contributed by atoms with Gasteiger partial charge in [-0.15, -0.1) is 0 Å². The van der Waals surface area contributed by atoms with E-state index in [2.05, 4.69) is 4.98 Å². The largest absolute Gasteiger partial charge is 0.397 e. The van der Waals surface area contributed by atoms with Gasteiger partial charge in [0.25, 0.3) is 0 Å². The van der Waals surface area contributed by atoms with Gasteiger partial charge in [-0.1, -0.05) is 11.6 Å². The van der Waals surface area contributed by atoms with E-state index in [9.17, 15) is 8.78 Å². The van der Waals surface area contributed by atoms with Gasteiger partial charge in [0.15, 0.2) is 5.82 Å². The number of nitrogens with two attached hydrogens (primary N) is 1. The summed E-state index contributed by atoms with van der Waals surface area (Å²) in [6, 6.07) is 4.95. The van der Waals surface area contributed by atoms with Crippen LogP contribution in [-0.4, -0.2) is 4.98 Å². The highest BCUT2D eigenvalue weighted by molar-refractivity contribution is 6.30. The maximum absolute atomic E-state index is 13.5. The molecule has 2 N–H and O–H groups in total. The van der Waals surface area contributed by atoms with Gasteiger partial charge < -0.3 is 5.73 Å². The van der Waals surface area contributed by atoms with Crippen molar-refractivity contribution in [2.75, 3.05) is 5.73 Å². The highest BCUT2D eigenvalue weighted by atomic mass is 35.5. The molecule has 0 fully saturated rings. The third kappa shape index (κ3) is 1.97. The summed E-state index contributed by atoms with van der Waals surface area (Å²) in [7, 11) is 0. The summed E-state index contributed by atoms with van der Waals surface area (Å²) in [4.78, 5) is 3.75. The van der Waals surface area contributed by atoms with Crippen molar-refractivity contribution < 1.29 is 8.78 Å². The second kappa shape index (κ2) is 4.06. The van der Waals surface area contributed by atoms with E-state index in [1.54, 1.807) is 0 Å². The van der Waals surface area contributed by atoms with E-state index in [0.29, 0.717) is 5.02 Å². The number of anilines is 1. The van der Waals surface area contributed by atoms with Crippen molar-refractivity contribution in [3.63, 3.8) is 0 Å². The molecular weight excluding hydrogens is 234 g/mol. The molecule has 0 unspecified atom stereocenters. The zero-order valence-corrected chi connectivity index (χ0v) is 8.80. The lowest BCUT2D eigenvalue weighted by molar-refractivity contribution is 0.612. The number of pyridine rings is 1. The lowest BCUT2D eigenvalue weighted by atomic mass is 10.1. The van der Waals surface area contributed by atoms with Crippen molar-refractivity contribution in [1.29, 1.82) is 0 Å². The van der Waals surface area contributed by atoms with Crippen LogP contribution in [0.4, 0.5) is 14.5 Å². The summed E-state index contributed by atoms with van der Waals surface area (Å²) in [5.41, 5.74) is 5.45. The zero-order chi connectivity index (χ0) is 11.7. The van der Waals surface area contributed by atoms with Crippen LogP contribution >= 0.6 is 11.6 Å². The zero-order valence-electron chi connectivity index (χ0n) is 8.05. The molecule has 0 aliphatic carbocycles. The van der Waals surface area contributed by atoms with Gasteiger partial charge in [0.05, 0.1) is 11.9 Å². The molecule has 2 aromatic rings. The average Bonchev–Trinajstić information content (AvgIpc) is 2.22. The first-order valence-corrected chi connectivity index (χ1v) is 4.82. The average molecular weight is 241 g/mol. The SMILES string of the molecule is Nc1cnc(-c2cc(Cl)ccc2F)c(F)c1. The summed E-state index contributed by atoms with van der Waals surface area (Å²) in [5.74, 6) is -1.26. The lowest BCUT2D eigenvalue weighted by Gasteiger charge is -2.05. The van der Waals surface area contributed by atoms with E-state index in [-0.39, 0.29) is 16.9 Å². The van der Waals surface area contributed by atoms with Crippen LogP contribution in [0.25, 0.3) is 11.3 Å². The lowest BCUT2D eigenvalue weighted by Crippen LogP contribution is -1.95. The summed E-state index contributed by atoms with van der Waals surface area (Å²) < 4.78 is 26.9. The van der Waals surface area contributed by atoms with Crippen LogP contribution in [0.5, 0.6) is 0 Å². The van der Waals surface area contributed by atoms with Crippen LogP contribution < -0.4 is 5.73 Å². The minimum Gasteiger partial charge on any atom is -0.397 e. The van der Waals surface area contributed by atoms with Gasteiger partial charge >= 0.3 is 0 Å². The Morgan fingerprint density at radius 3 is 2.56 bits per heavy atom. The van der Waals surface area contributed by atoms with E-state index < -0.39 is 11.6 Å². The van der Waals surface area contributed by atoms with E-state index in [1.807, 2.05) is 0 Å². The van der Waals surface area contributed by atoms with Gasteiger partial charge in [0, 0.05) is 16.7 Å². The second-order valence-electron chi connectivity index (χ2n) is 3.22. The third-order valence-corrected chi connectivity index (χ3v) is 2.28. The number of hydrogen-bond acceptors (Lipinski definition) is 2. The highest BCUT2D eigenvalue weighted by Gasteiger charge is 2.12. The van der Waals surface area contributed by atoms with Crippen molar-refractivity contribution >= 4 is 17.3 Å². The van der Waals surface area contributed by atoms with Crippen molar-refractivity contribution in [2.45, 2.75) is 0 Å². The molecule has 0 aliphatic heterocycles. The van der Waals surface area contributed by atoms with Crippen LogP contribution in [0.2, 0.25) is 5.02 Å². The molecule has 0 saturated carbocycles. The van der Waals surface area contributed by atoms with Gasteiger partial charge in [0.1, 0.15) is 11.5 Å². The Hall–Kier alpha value is -1.68. The molecule has 0 spiro atoms. The van der Waals surface area contributed by atoms with Crippen molar-refractivity contribution in [3.8, 4) is 11.3 Å². The van der Waals surface area contributed by atoms with Crippen LogP contribution in [-0.2, 0) is 0 Å². The topological polar surface area (TPSA) is 38.9 Å². The third-order valence-electron chi connectivity index (χ3n) is 2.05. The van der Waals surface area contributed by atoms with Crippen LogP contribution in [0.1, 0.15) is 0 Å². The fourth-order valence-electron chi connectivity index (χ4n) is 1.33. The normalized spacial score (nSPS) is 10.4. The van der Waals surface area contributed by atoms with E-state index in [4.69, 9.17) is 17.3 Å². The van der Waals surface area contributed by atoms with Gasteiger partial charge in [-0.25, -0.2) is 8.78 Å². The Morgan fingerprint density at radius 2 is 1.88 bits per heavy atom. The molecule has 1 aromatic heterocycles. The van der Waals surface area contributed by atoms with Crippen LogP contribution in [0.3, 0.4) is 0 Å². The molecule has 0 atom stereocenters.